The molecule has 2 atom stereocenters. The number of nitrogens with zero attached hydrogens (tertiary/aromatic N) is 4. The van der Waals surface area contributed by atoms with E-state index in [1.807, 2.05) is 11.1 Å². The molecule has 4 heterocycles. The van der Waals surface area contributed by atoms with Crippen molar-refractivity contribution < 1.29 is 14.6 Å². The number of hydrogen-bond donors (Lipinski definition) is 1. The molecule has 2 unspecified atom stereocenters. The molecule has 2 fully saturated rings. The number of ether oxygens (including phenoxy) is 1. The number of rotatable bonds is 5. The Kier molecular flexibility index (Phi) is 5.56. The van der Waals surface area contributed by atoms with E-state index < -0.39 is 0 Å². The van der Waals surface area contributed by atoms with Crippen molar-refractivity contribution in [3.05, 3.63) is 29.3 Å². The molecule has 1 amide bonds. The fraction of sp³-hybridized carbons (Fsp3) is 0.609. The van der Waals surface area contributed by atoms with Gasteiger partial charge in [-0.1, -0.05) is 23.4 Å². The molecule has 1 N–H and O–H groups in total. The van der Waals surface area contributed by atoms with Gasteiger partial charge in [-0.05, 0) is 49.9 Å². The first-order chi connectivity index (χ1) is 14.7. The molecule has 1 aliphatic carbocycles. The highest BCUT2D eigenvalue weighted by molar-refractivity contribution is 5.76. The van der Waals surface area contributed by atoms with Crippen LogP contribution in [0.25, 0.3) is 17.7 Å². The van der Waals surface area contributed by atoms with Crippen LogP contribution in [-0.2, 0) is 9.53 Å². The highest BCUT2D eigenvalue weighted by Crippen LogP contribution is 2.28. The standard InChI is InChI=1S/C23H30N4O3/c28-22(12-17-1-2-19-15-27-21(14-24-25-27)20(19)11-17)18-3-7-26(8-4-18)23(29)13-16-5-9-30-10-6-16/h1-2,11,14-18,22,28H,3-10,12-13H2. The van der Waals surface area contributed by atoms with Crippen molar-refractivity contribution in [3.8, 4) is 0 Å². The van der Waals surface area contributed by atoms with Gasteiger partial charge in [0.1, 0.15) is 0 Å². The number of allylic oxidation sites excluding steroid dienone is 1. The van der Waals surface area contributed by atoms with Crippen LogP contribution < -0.4 is 5.22 Å². The number of fused-ring (bicyclic) bond motifs is 3. The second-order valence-corrected chi connectivity index (χ2v) is 9.03. The SMILES string of the molecule is O=C(CC1CCOCC1)N1CCC(C(O)CC2C=Cc3cn4nncc4c3=C2)CC1. The number of aliphatic hydroxyl groups is 1. The van der Waals surface area contributed by atoms with Crippen LogP contribution in [-0.4, -0.2) is 63.1 Å². The van der Waals surface area contributed by atoms with Gasteiger partial charge in [0.15, 0.2) is 0 Å². The smallest absolute Gasteiger partial charge is 0.222 e. The van der Waals surface area contributed by atoms with Crippen LogP contribution in [0.3, 0.4) is 0 Å². The van der Waals surface area contributed by atoms with Crippen LogP contribution in [0.1, 0.15) is 44.1 Å². The van der Waals surface area contributed by atoms with E-state index in [0.29, 0.717) is 12.3 Å². The first-order valence-corrected chi connectivity index (χ1v) is 11.2. The lowest BCUT2D eigenvalue weighted by atomic mass is 9.84. The molecule has 3 aliphatic rings. The number of piperidine rings is 1. The van der Waals surface area contributed by atoms with Gasteiger partial charge < -0.3 is 14.7 Å². The molecule has 0 aromatic carbocycles. The average Bonchev–Trinajstić information content (AvgIpc) is 3.36. The molecule has 7 nitrogen and oxygen atoms in total. The molecule has 30 heavy (non-hydrogen) atoms. The predicted octanol–water partition coefficient (Wildman–Crippen LogP) is 1.68. The van der Waals surface area contributed by atoms with Crippen LogP contribution in [0.4, 0.5) is 0 Å². The molecular weight excluding hydrogens is 380 g/mol. The largest absolute Gasteiger partial charge is 0.393 e. The van der Waals surface area contributed by atoms with Crippen LogP contribution >= 0.6 is 0 Å². The Bertz CT molecular complexity index is 970. The summed E-state index contributed by atoms with van der Waals surface area (Å²) < 4.78 is 7.20. The summed E-state index contributed by atoms with van der Waals surface area (Å²) in [5.74, 6) is 1.22. The summed E-state index contributed by atoms with van der Waals surface area (Å²) in [4.78, 5) is 14.6. The molecule has 0 radical (unpaired) electrons. The minimum Gasteiger partial charge on any atom is -0.393 e. The predicted molar refractivity (Wildman–Crippen MR) is 113 cm³/mol. The van der Waals surface area contributed by atoms with E-state index in [0.717, 1.165) is 74.7 Å². The molecule has 0 saturated carbocycles. The number of likely N-dealkylation sites (tertiary alicyclic amines) is 1. The molecule has 5 rings (SSSR count). The number of carbonyl (C=O) groups excluding carboxylic acids is 1. The Morgan fingerprint density at radius 1 is 1.23 bits per heavy atom. The van der Waals surface area contributed by atoms with Crippen molar-refractivity contribution in [2.24, 2.45) is 17.8 Å². The summed E-state index contributed by atoms with van der Waals surface area (Å²) >= 11 is 0. The number of hydrogen-bond acceptors (Lipinski definition) is 5. The quantitative estimate of drug-likeness (QED) is 0.811. The Morgan fingerprint density at radius 3 is 2.83 bits per heavy atom. The minimum atomic E-state index is -0.348. The van der Waals surface area contributed by atoms with Crippen LogP contribution in [0.2, 0.25) is 0 Å². The molecule has 7 heteroatoms. The second-order valence-electron chi connectivity index (χ2n) is 9.03. The van der Waals surface area contributed by atoms with E-state index in [-0.39, 0.29) is 23.8 Å². The number of aliphatic hydroxyl groups excluding tert-OH is 1. The van der Waals surface area contributed by atoms with Crippen molar-refractivity contribution in [2.45, 2.75) is 44.6 Å². The van der Waals surface area contributed by atoms with Gasteiger partial charge in [0.05, 0.1) is 17.8 Å². The third-order valence-corrected chi connectivity index (χ3v) is 7.08. The summed E-state index contributed by atoms with van der Waals surface area (Å²) in [6, 6.07) is 0. The van der Waals surface area contributed by atoms with Gasteiger partial charge in [-0.2, -0.15) is 0 Å². The lowest BCUT2D eigenvalue weighted by Gasteiger charge is -2.36. The lowest BCUT2D eigenvalue weighted by molar-refractivity contribution is -0.135. The highest BCUT2D eigenvalue weighted by atomic mass is 16.5. The van der Waals surface area contributed by atoms with Crippen molar-refractivity contribution in [1.82, 2.24) is 19.7 Å². The zero-order chi connectivity index (χ0) is 20.5. The van der Waals surface area contributed by atoms with Crippen molar-refractivity contribution in [3.63, 3.8) is 0 Å². The summed E-state index contributed by atoms with van der Waals surface area (Å²) in [6.45, 7) is 3.11. The molecular formula is C23H30N4O3. The third-order valence-electron chi connectivity index (χ3n) is 7.08. The summed E-state index contributed by atoms with van der Waals surface area (Å²) in [5.41, 5.74) is 2.17. The van der Waals surface area contributed by atoms with E-state index in [1.54, 1.807) is 10.7 Å². The Labute approximate surface area is 176 Å². The van der Waals surface area contributed by atoms with Crippen molar-refractivity contribution in [2.75, 3.05) is 26.3 Å². The fourth-order valence-corrected chi connectivity index (χ4v) is 5.17. The molecule has 2 aromatic heterocycles. The van der Waals surface area contributed by atoms with E-state index in [2.05, 4.69) is 28.5 Å². The highest BCUT2D eigenvalue weighted by Gasteiger charge is 2.30. The van der Waals surface area contributed by atoms with Crippen LogP contribution in [0, 0.1) is 17.8 Å². The van der Waals surface area contributed by atoms with Crippen LogP contribution in [0.5, 0.6) is 0 Å². The van der Waals surface area contributed by atoms with Gasteiger partial charge in [0, 0.05) is 49.7 Å². The maximum Gasteiger partial charge on any atom is 0.222 e. The second kappa shape index (κ2) is 8.47. The topological polar surface area (TPSA) is 80.0 Å². The third kappa shape index (κ3) is 4.01. The molecule has 2 aromatic rings. The maximum absolute atomic E-state index is 12.6. The molecule has 2 saturated heterocycles. The average molecular weight is 411 g/mol. The Balaban J connectivity index is 1.14. The minimum absolute atomic E-state index is 0.210. The summed E-state index contributed by atoms with van der Waals surface area (Å²) in [6.07, 6.45) is 15.1. The number of carbonyl (C=O) groups is 1. The molecule has 2 aliphatic heterocycles. The van der Waals surface area contributed by atoms with E-state index in [1.165, 1.54) is 0 Å². The van der Waals surface area contributed by atoms with Gasteiger partial charge >= 0.3 is 0 Å². The summed E-state index contributed by atoms with van der Waals surface area (Å²) in [5, 5.41) is 20.1. The van der Waals surface area contributed by atoms with E-state index >= 15 is 0 Å². The lowest BCUT2D eigenvalue weighted by Crippen LogP contribution is -2.42. The first-order valence-electron chi connectivity index (χ1n) is 11.2. The normalized spacial score (nSPS) is 24.0. The van der Waals surface area contributed by atoms with E-state index in [9.17, 15) is 9.90 Å². The fourth-order valence-electron chi connectivity index (χ4n) is 5.17. The Hall–Kier alpha value is -2.25. The zero-order valence-electron chi connectivity index (χ0n) is 17.3. The molecule has 0 bridgehead atoms. The van der Waals surface area contributed by atoms with E-state index in [4.69, 9.17) is 4.74 Å². The van der Waals surface area contributed by atoms with Gasteiger partial charge in [-0.15, -0.1) is 5.10 Å². The Morgan fingerprint density at radius 2 is 2.03 bits per heavy atom. The number of amides is 1. The van der Waals surface area contributed by atoms with Crippen molar-refractivity contribution >= 4 is 23.6 Å². The molecule has 0 spiro atoms. The zero-order valence-corrected chi connectivity index (χ0v) is 17.3. The number of aromatic nitrogens is 3. The monoisotopic (exact) mass is 410 g/mol. The maximum atomic E-state index is 12.6. The van der Waals surface area contributed by atoms with Gasteiger partial charge in [-0.25, -0.2) is 4.52 Å². The first kappa shape index (κ1) is 19.7. The van der Waals surface area contributed by atoms with Gasteiger partial charge in [0.2, 0.25) is 5.91 Å². The summed E-state index contributed by atoms with van der Waals surface area (Å²) in [7, 11) is 0. The van der Waals surface area contributed by atoms with Crippen LogP contribution in [0.15, 0.2) is 18.5 Å². The molecule has 160 valence electrons. The van der Waals surface area contributed by atoms with Gasteiger partial charge in [-0.3, -0.25) is 4.79 Å². The van der Waals surface area contributed by atoms with Crippen molar-refractivity contribution in [1.29, 1.82) is 0 Å². The van der Waals surface area contributed by atoms with Gasteiger partial charge in [0.25, 0.3) is 0 Å².